The average Bonchev–Trinajstić information content (AvgIpc) is 2.96. The van der Waals surface area contributed by atoms with Gasteiger partial charge >= 0.3 is 6.18 Å². The average molecular weight is 358 g/mol. The molecule has 2 amide bonds. The highest BCUT2D eigenvalue weighted by molar-refractivity contribution is 5.92. The number of carbonyl (C=O) groups is 2. The van der Waals surface area contributed by atoms with Gasteiger partial charge in [-0.2, -0.15) is 13.2 Å². The lowest BCUT2D eigenvalue weighted by Gasteiger charge is -2.40. The molecule has 0 aliphatic carbocycles. The van der Waals surface area contributed by atoms with Gasteiger partial charge in [-0.25, -0.2) is 4.98 Å². The van der Waals surface area contributed by atoms with Crippen molar-refractivity contribution in [1.82, 2.24) is 19.8 Å². The topological polar surface area (TPSA) is 67.2 Å². The van der Waals surface area contributed by atoms with Crippen molar-refractivity contribution < 1.29 is 22.8 Å². The molecule has 6 nitrogen and oxygen atoms in total. The fraction of sp³-hybridized carbons (Fsp3) is 0.688. The molecule has 2 atom stereocenters. The highest BCUT2D eigenvalue weighted by Gasteiger charge is 2.48. The molecule has 0 radical (unpaired) electrons. The van der Waals surface area contributed by atoms with Gasteiger partial charge in [0, 0.05) is 38.7 Å². The van der Waals surface area contributed by atoms with Crippen molar-refractivity contribution in [2.75, 3.05) is 6.54 Å². The summed E-state index contributed by atoms with van der Waals surface area (Å²) in [5, 5.41) is 2.61. The van der Waals surface area contributed by atoms with Crippen LogP contribution in [0.5, 0.6) is 0 Å². The first-order valence-corrected chi connectivity index (χ1v) is 8.46. The van der Waals surface area contributed by atoms with E-state index in [1.54, 1.807) is 6.20 Å². The maximum absolute atomic E-state index is 13.4. The minimum atomic E-state index is -4.50. The van der Waals surface area contributed by atoms with E-state index in [2.05, 4.69) is 10.3 Å². The van der Waals surface area contributed by atoms with E-state index in [0.29, 0.717) is 0 Å². The lowest BCUT2D eigenvalue weighted by Crippen LogP contribution is -2.58. The number of nitrogens with one attached hydrogen (secondary N) is 1. The lowest BCUT2D eigenvalue weighted by atomic mass is 9.97. The Hall–Kier alpha value is -2.06. The SMILES string of the molecule is CC(=O)NC1CCC(C(F)(F)F)N(C(=O)c2cn3c(n2)CCCC3)C1. The summed E-state index contributed by atoms with van der Waals surface area (Å²) in [5.41, 5.74) is 0.0506. The third-order valence-corrected chi connectivity index (χ3v) is 4.76. The summed E-state index contributed by atoms with van der Waals surface area (Å²) in [7, 11) is 0. The van der Waals surface area contributed by atoms with Crippen LogP contribution in [0.2, 0.25) is 0 Å². The normalized spacial score (nSPS) is 23.9. The van der Waals surface area contributed by atoms with Crippen LogP contribution in [0.1, 0.15) is 48.9 Å². The van der Waals surface area contributed by atoms with Gasteiger partial charge in [-0.15, -0.1) is 0 Å². The van der Waals surface area contributed by atoms with Crippen LogP contribution in [0.15, 0.2) is 6.20 Å². The molecule has 0 bridgehead atoms. The van der Waals surface area contributed by atoms with Gasteiger partial charge in [-0.3, -0.25) is 9.59 Å². The number of halogens is 3. The molecular formula is C16H21F3N4O2. The Kier molecular flexibility index (Phi) is 4.75. The molecular weight excluding hydrogens is 337 g/mol. The molecule has 9 heteroatoms. The molecule has 0 spiro atoms. The molecule has 2 unspecified atom stereocenters. The maximum Gasteiger partial charge on any atom is 0.408 e. The Balaban J connectivity index is 1.84. The Morgan fingerprint density at radius 2 is 2.04 bits per heavy atom. The molecule has 138 valence electrons. The summed E-state index contributed by atoms with van der Waals surface area (Å²) in [6.45, 7) is 1.88. The molecule has 0 aromatic carbocycles. The Labute approximate surface area is 143 Å². The van der Waals surface area contributed by atoms with E-state index in [4.69, 9.17) is 0 Å². The van der Waals surface area contributed by atoms with Crippen LogP contribution >= 0.6 is 0 Å². The van der Waals surface area contributed by atoms with Crippen molar-refractivity contribution in [1.29, 1.82) is 0 Å². The molecule has 1 N–H and O–H groups in total. The zero-order valence-corrected chi connectivity index (χ0v) is 14.0. The van der Waals surface area contributed by atoms with Gasteiger partial charge in [0.05, 0.1) is 0 Å². The zero-order chi connectivity index (χ0) is 18.2. The molecule has 2 aliphatic rings. The number of alkyl halides is 3. The van der Waals surface area contributed by atoms with Gasteiger partial charge in [0.1, 0.15) is 17.6 Å². The number of likely N-dealkylation sites (tertiary alicyclic amines) is 1. The molecule has 3 rings (SSSR count). The molecule has 0 saturated carbocycles. The summed E-state index contributed by atoms with van der Waals surface area (Å²) in [5.74, 6) is -0.298. The summed E-state index contributed by atoms with van der Waals surface area (Å²) in [6, 6.07) is -2.32. The number of fused-ring (bicyclic) bond motifs is 1. The Morgan fingerprint density at radius 3 is 2.68 bits per heavy atom. The molecule has 1 saturated heterocycles. The predicted octanol–water partition coefficient (Wildman–Crippen LogP) is 1.89. The van der Waals surface area contributed by atoms with Gasteiger partial charge in [-0.1, -0.05) is 0 Å². The second kappa shape index (κ2) is 6.68. The monoisotopic (exact) mass is 358 g/mol. The largest absolute Gasteiger partial charge is 0.408 e. The minimum absolute atomic E-state index is 0.0506. The molecule has 25 heavy (non-hydrogen) atoms. The fourth-order valence-electron chi connectivity index (χ4n) is 3.60. The first-order valence-electron chi connectivity index (χ1n) is 8.46. The highest BCUT2D eigenvalue weighted by Crippen LogP contribution is 2.33. The van der Waals surface area contributed by atoms with Crippen molar-refractivity contribution in [3.8, 4) is 0 Å². The van der Waals surface area contributed by atoms with Crippen molar-refractivity contribution in [2.24, 2.45) is 0 Å². The van der Waals surface area contributed by atoms with Gasteiger partial charge in [0.25, 0.3) is 5.91 Å². The van der Waals surface area contributed by atoms with E-state index in [1.165, 1.54) is 6.92 Å². The zero-order valence-electron chi connectivity index (χ0n) is 14.0. The van der Waals surface area contributed by atoms with Gasteiger partial charge in [0.2, 0.25) is 5.91 Å². The van der Waals surface area contributed by atoms with Crippen LogP contribution in [0.4, 0.5) is 13.2 Å². The number of carbonyl (C=O) groups excluding carboxylic acids is 2. The minimum Gasteiger partial charge on any atom is -0.352 e. The maximum atomic E-state index is 13.4. The van der Waals surface area contributed by atoms with Gasteiger partial charge in [-0.05, 0) is 25.7 Å². The van der Waals surface area contributed by atoms with Crippen LogP contribution < -0.4 is 5.32 Å². The second-order valence-electron chi connectivity index (χ2n) is 6.68. The number of hydrogen-bond donors (Lipinski definition) is 1. The van der Waals surface area contributed by atoms with E-state index in [0.717, 1.165) is 36.5 Å². The summed E-state index contributed by atoms with van der Waals surface area (Å²) in [4.78, 5) is 29.0. The third-order valence-electron chi connectivity index (χ3n) is 4.76. The third kappa shape index (κ3) is 3.80. The number of imidazole rings is 1. The number of amides is 2. The summed E-state index contributed by atoms with van der Waals surface area (Å²) < 4.78 is 42.0. The fourth-order valence-corrected chi connectivity index (χ4v) is 3.60. The number of rotatable bonds is 2. The second-order valence-corrected chi connectivity index (χ2v) is 6.68. The van der Waals surface area contributed by atoms with Crippen LogP contribution in [-0.2, 0) is 17.8 Å². The summed E-state index contributed by atoms with van der Waals surface area (Å²) >= 11 is 0. The molecule has 1 fully saturated rings. The number of aromatic nitrogens is 2. The highest BCUT2D eigenvalue weighted by atomic mass is 19.4. The number of hydrogen-bond acceptors (Lipinski definition) is 3. The van der Waals surface area contributed by atoms with Gasteiger partial charge in [0.15, 0.2) is 0 Å². The van der Waals surface area contributed by atoms with E-state index in [1.807, 2.05) is 4.57 Å². The van der Waals surface area contributed by atoms with E-state index < -0.39 is 24.2 Å². The van der Waals surface area contributed by atoms with E-state index >= 15 is 0 Å². The van der Waals surface area contributed by atoms with Crippen molar-refractivity contribution >= 4 is 11.8 Å². The van der Waals surface area contributed by atoms with Crippen molar-refractivity contribution in [3.05, 3.63) is 17.7 Å². The smallest absolute Gasteiger partial charge is 0.352 e. The Bertz CT molecular complexity index is 647. The number of piperidine rings is 1. The summed E-state index contributed by atoms with van der Waals surface area (Å²) in [6.07, 6.45) is -0.339. The van der Waals surface area contributed by atoms with E-state index in [9.17, 15) is 22.8 Å². The van der Waals surface area contributed by atoms with Crippen LogP contribution in [0, 0.1) is 0 Å². The molecule has 2 aliphatic heterocycles. The van der Waals surface area contributed by atoms with Crippen LogP contribution in [-0.4, -0.2) is 51.1 Å². The van der Waals surface area contributed by atoms with Crippen LogP contribution in [0.3, 0.4) is 0 Å². The van der Waals surface area contributed by atoms with Crippen molar-refractivity contribution in [2.45, 2.75) is 63.8 Å². The molecule has 1 aromatic heterocycles. The predicted molar refractivity (Wildman–Crippen MR) is 82.9 cm³/mol. The number of aryl methyl sites for hydroxylation is 2. The lowest BCUT2D eigenvalue weighted by molar-refractivity contribution is -0.184. The van der Waals surface area contributed by atoms with E-state index in [-0.39, 0.29) is 31.0 Å². The number of nitrogens with zero attached hydrogens (tertiary/aromatic N) is 3. The Morgan fingerprint density at radius 1 is 1.28 bits per heavy atom. The first kappa shape index (κ1) is 17.8. The van der Waals surface area contributed by atoms with Crippen LogP contribution in [0.25, 0.3) is 0 Å². The first-order chi connectivity index (χ1) is 11.8. The standard InChI is InChI=1S/C16H21F3N4O2/c1-10(24)20-11-5-6-13(16(17,18)19)23(8-11)15(25)12-9-22-7-3-2-4-14(22)21-12/h9,11,13H,2-8H2,1H3,(H,20,24). The van der Waals surface area contributed by atoms with Crippen molar-refractivity contribution in [3.63, 3.8) is 0 Å². The molecule has 1 aromatic rings. The molecule has 3 heterocycles. The van der Waals surface area contributed by atoms with Gasteiger partial charge < -0.3 is 14.8 Å². The quantitative estimate of drug-likeness (QED) is 0.878.